The van der Waals surface area contributed by atoms with E-state index in [4.69, 9.17) is 11.6 Å². The smallest absolute Gasteiger partial charge is 0.140 e. The molecule has 5 heteroatoms. The van der Waals surface area contributed by atoms with Crippen LogP contribution in [-0.4, -0.2) is 14.8 Å². The number of hydrogen-bond donors (Lipinski definition) is 0. The standard InChI is InChI=1S/C12H9BrClN3/c1-17-11-8-3-2-7(5-13)4-10(8)16-12(14)9(11)6-15-17/h2-4,6H,5H2,1H3. The van der Waals surface area contributed by atoms with Gasteiger partial charge in [-0.1, -0.05) is 39.7 Å². The summed E-state index contributed by atoms with van der Waals surface area (Å²) in [6, 6.07) is 6.20. The van der Waals surface area contributed by atoms with Crippen molar-refractivity contribution in [2.75, 3.05) is 0 Å². The maximum atomic E-state index is 6.17. The number of halogens is 2. The first-order valence-corrected chi connectivity index (χ1v) is 6.66. The number of benzene rings is 1. The first kappa shape index (κ1) is 11.0. The number of alkyl halides is 1. The fraction of sp³-hybridized carbons (Fsp3) is 0.167. The van der Waals surface area contributed by atoms with Gasteiger partial charge in [0.1, 0.15) is 5.15 Å². The third kappa shape index (κ3) is 1.63. The van der Waals surface area contributed by atoms with E-state index >= 15 is 0 Å². The van der Waals surface area contributed by atoms with E-state index in [1.807, 2.05) is 17.8 Å². The molecule has 2 aromatic heterocycles. The Morgan fingerprint density at radius 2 is 2.18 bits per heavy atom. The molecule has 0 amide bonds. The molecular formula is C12H9BrClN3. The second kappa shape index (κ2) is 3.96. The van der Waals surface area contributed by atoms with Gasteiger partial charge in [-0.05, 0) is 11.6 Å². The quantitative estimate of drug-likeness (QED) is 0.507. The molecular weight excluding hydrogens is 302 g/mol. The van der Waals surface area contributed by atoms with Gasteiger partial charge in [0, 0.05) is 17.8 Å². The minimum absolute atomic E-state index is 0.507. The van der Waals surface area contributed by atoms with E-state index in [1.54, 1.807) is 6.20 Å². The molecule has 0 saturated heterocycles. The summed E-state index contributed by atoms with van der Waals surface area (Å²) in [6.45, 7) is 0. The summed E-state index contributed by atoms with van der Waals surface area (Å²) in [5.74, 6) is 0. The van der Waals surface area contributed by atoms with Crippen molar-refractivity contribution in [2.24, 2.45) is 7.05 Å². The first-order chi connectivity index (χ1) is 8.20. The predicted molar refractivity (Wildman–Crippen MR) is 73.7 cm³/mol. The monoisotopic (exact) mass is 309 g/mol. The highest BCUT2D eigenvalue weighted by Crippen LogP contribution is 2.29. The number of pyridine rings is 1. The number of aryl methyl sites for hydroxylation is 1. The SMILES string of the molecule is Cn1ncc2c(Cl)nc3cc(CBr)ccc3c21. The summed E-state index contributed by atoms with van der Waals surface area (Å²) < 4.78 is 1.83. The van der Waals surface area contributed by atoms with E-state index < -0.39 is 0 Å². The summed E-state index contributed by atoms with van der Waals surface area (Å²) in [6.07, 6.45) is 1.75. The van der Waals surface area contributed by atoms with Crippen LogP contribution in [0.25, 0.3) is 21.8 Å². The Hall–Kier alpha value is -1.13. The van der Waals surface area contributed by atoms with Crippen LogP contribution in [0.15, 0.2) is 24.4 Å². The second-order valence-electron chi connectivity index (χ2n) is 3.92. The van der Waals surface area contributed by atoms with Crippen molar-refractivity contribution in [3.8, 4) is 0 Å². The van der Waals surface area contributed by atoms with Crippen molar-refractivity contribution in [3.05, 3.63) is 35.1 Å². The first-order valence-electron chi connectivity index (χ1n) is 5.16. The van der Waals surface area contributed by atoms with Gasteiger partial charge in [0.05, 0.1) is 22.6 Å². The number of rotatable bonds is 1. The Kier molecular flexibility index (Phi) is 2.56. The lowest BCUT2D eigenvalue weighted by Crippen LogP contribution is -1.92. The van der Waals surface area contributed by atoms with Crippen molar-refractivity contribution >= 4 is 49.3 Å². The molecule has 0 unspecified atom stereocenters. The number of hydrogen-bond acceptors (Lipinski definition) is 2. The molecule has 86 valence electrons. The van der Waals surface area contributed by atoms with Gasteiger partial charge in [0.2, 0.25) is 0 Å². The highest BCUT2D eigenvalue weighted by molar-refractivity contribution is 9.08. The summed E-state index contributed by atoms with van der Waals surface area (Å²) >= 11 is 9.61. The molecule has 0 spiro atoms. The number of nitrogens with zero attached hydrogens (tertiary/aromatic N) is 3. The highest BCUT2D eigenvalue weighted by Gasteiger charge is 2.10. The van der Waals surface area contributed by atoms with Crippen LogP contribution in [-0.2, 0) is 12.4 Å². The number of fused-ring (bicyclic) bond motifs is 3. The average Bonchev–Trinajstić information content (AvgIpc) is 2.72. The molecule has 1 aromatic carbocycles. The zero-order valence-corrected chi connectivity index (χ0v) is 11.5. The third-order valence-electron chi connectivity index (χ3n) is 2.85. The number of aromatic nitrogens is 3. The topological polar surface area (TPSA) is 30.7 Å². The average molecular weight is 311 g/mol. The fourth-order valence-electron chi connectivity index (χ4n) is 2.03. The Labute approximate surface area is 112 Å². The molecule has 0 fully saturated rings. The van der Waals surface area contributed by atoms with E-state index in [0.717, 1.165) is 27.1 Å². The Morgan fingerprint density at radius 1 is 1.35 bits per heavy atom. The lowest BCUT2D eigenvalue weighted by Gasteiger charge is -2.04. The van der Waals surface area contributed by atoms with Gasteiger partial charge in [0.25, 0.3) is 0 Å². The molecule has 3 nitrogen and oxygen atoms in total. The fourth-order valence-corrected chi connectivity index (χ4v) is 2.61. The van der Waals surface area contributed by atoms with Crippen LogP contribution in [0.1, 0.15) is 5.56 Å². The van der Waals surface area contributed by atoms with Gasteiger partial charge in [-0.3, -0.25) is 4.68 Å². The largest absolute Gasteiger partial charge is 0.267 e. The van der Waals surface area contributed by atoms with E-state index in [2.05, 4.69) is 38.1 Å². The molecule has 3 aromatic rings. The minimum atomic E-state index is 0.507. The molecule has 0 bridgehead atoms. The molecule has 3 rings (SSSR count). The molecule has 0 aliphatic heterocycles. The minimum Gasteiger partial charge on any atom is -0.267 e. The van der Waals surface area contributed by atoms with E-state index in [9.17, 15) is 0 Å². The summed E-state index contributed by atoms with van der Waals surface area (Å²) in [5, 5.41) is 7.52. The maximum absolute atomic E-state index is 6.17. The van der Waals surface area contributed by atoms with E-state index in [-0.39, 0.29) is 0 Å². The van der Waals surface area contributed by atoms with Gasteiger partial charge in [-0.25, -0.2) is 4.98 Å². The summed E-state index contributed by atoms with van der Waals surface area (Å²) in [7, 11) is 1.91. The van der Waals surface area contributed by atoms with Crippen LogP contribution in [0.5, 0.6) is 0 Å². The summed E-state index contributed by atoms with van der Waals surface area (Å²) in [4.78, 5) is 4.42. The van der Waals surface area contributed by atoms with E-state index in [0.29, 0.717) is 5.15 Å². The Balaban J connectivity index is 2.51. The van der Waals surface area contributed by atoms with Gasteiger partial charge in [-0.2, -0.15) is 5.10 Å². The van der Waals surface area contributed by atoms with Crippen LogP contribution >= 0.6 is 27.5 Å². The molecule has 0 aliphatic rings. The Bertz CT molecular complexity index is 720. The molecule has 17 heavy (non-hydrogen) atoms. The van der Waals surface area contributed by atoms with Crippen molar-refractivity contribution in [2.45, 2.75) is 5.33 Å². The normalized spacial score (nSPS) is 11.5. The van der Waals surface area contributed by atoms with Gasteiger partial charge < -0.3 is 0 Å². The van der Waals surface area contributed by atoms with Crippen LogP contribution in [0.3, 0.4) is 0 Å². The van der Waals surface area contributed by atoms with Crippen molar-refractivity contribution in [1.82, 2.24) is 14.8 Å². The zero-order valence-electron chi connectivity index (χ0n) is 9.11. The van der Waals surface area contributed by atoms with Crippen LogP contribution < -0.4 is 0 Å². The van der Waals surface area contributed by atoms with Crippen LogP contribution in [0.2, 0.25) is 5.15 Å². The van der Waals surface area contributed by atoms with Crippen molar-refractivity contribution in [3.63, 3.8) is 0 Å². The lowest BCUT2D eigenvalue weighted by atomic mass is 10.1. The molecule has 0 N–H and O–H groups in total. The highest BCUT2D eigenvalue weighted by atomic mass is 79.9. The van der Waals surface area contributed by atoms with Crippen molar-refractivity contribution < 1.29 is 0 Å². The van der Waals surface area contributed by atoms with Crippen LogP contribution in [0.4, 0.5) is 0 Å². The van der Waals surface area contributed by atoms with Gasteiger partial charge in [0.15, 0.2) is 0 Å². The van der Waals surface area contributed by atoms with Gasteiger partial charge in [-0.15, -0.1) is 0 Å². The molecule has 0 aliphatic carbocycles. The molecule has 0 atom stereocenters. The predicted octanol–water partition coefficient (Wildman–Crippen LogP) is 3.67. The maximum Gasteiger partial charge on any atom is 0.140 e. The second-order valence-corrected chi connectivity index (χ2v) is 4.84. The zero-order chi connectivity index (χ0) is 12.0. The van der Waals surface area contributed by atoms with Crippen LogP contribution in [0, 0.1) is 0 Å². The van der Waals surface area contributed by atoms with Crippen molar-refractivity contribution in [1.29, 1.82) is 0 Å². The third-order valence-corrected chi connectivity index (χ3v) is 3.79. The van der Waals surface area contributed by atoms with Gasteiger partial charge >= 0.3 is 0 Å². The lowest BCUT2D eigenvalue weighted by molar-refractivity contribution is 0.799. The van der Waals surface area contributed by atoms with E-state index in [1.165, 1.54) is 5.56 Å². The molecule has 0 saturated carbocycles. The molecule has 2 heterocycles. The Morgan fingerprint density at radius 3 is 2.94 bits per heavy atom. The molecule has 0 radical (unpaired) electrons. The summed E-state index contributed by atoms with van der Waals surface area (Å²) in [5.41, 5.74) is 3.12.